The van der Waals surface area contributed by atoms with Gasteiger partial charge in [0.15, 0.2) is 0 Å². The van der Waals surface area contributed by atoms with Crippen LogP contribution < -0.4 is 0 Å². The van der Waals surface area contributed by atoms with Gasteiger partial charge in [0.1, 0.15) is 10.8 Å². The van der Waals surface area contributed by atoms with Crippen LogP contribution in [0.2, 0.25) is 5.28 Å². The summed E-state index contributed by atoms with van der Waals surface area (Å²) in [5.74, 6) is -0.302. The van der Waals surface area contributed by atoms with Crippen LogP contribution in [0.5, 0.6) is 0 Å². The van der Waals surface area contributed by atoms with Crippen LogP contribution >= 0.6 is 23.1 Å². The predicted octanol–water partition coefficient (Wildman–Crippen LogP) is 3.31. The average molecular weight is 229 g/mol. The second-order valence-corrected chi connectivity index (χ2v) is 3.94. The number of benzene rings is 1. The number of hydrogen-bond donors (Lipinski definition) is 0. The quantitative estimate of drug-likeness (QED) is 0.749. The van der Waals surface area contributed by atoms with Crippen molar-refractivity contribution in [1.29, 1.82) is 0 Å². The predicted molar refractivity (Wildman–Crippen MR) is 55.1 cm³/mol. The lowest BCUT2D eigenvalue weighted by Crippen LogP contribution is -1.84. The largest absolute Gasteiger partial charge is 0.234 e. The molecule has 2 rings (SSSR count). The molecule has 72 valence electrons. The molecule has 0 radical (unpaired) electrons. The van der Waals surface area contributed by atoms with Crippen molar-refractivity contribution in [2.75, 3.05) is 0 Å². The standard InChI is InChI=1S/C9H6ClFN2S/c1-5-2-3-7(11)6(4-5)8-12-9(10)13-14-8/h2-4H,1H3. The molecule has 14 heavy (non-hydrogen) atoms. The third kappa shape index (κ3) is 1.76. The lowest BCUT2D eigenvalue weighted by atomic mass is 10.1. The van der Waals surface area contributed by atoms with Crippen molar-refractivity contribution in [2.24, 2.45) is 0 Å². The molecule has 0 N–H and O–H groups in total. The lowest BCUT2D eigenvalue weighted by molar-refractivity contribution is 0.631. The highest BCUT2D eigenvalue weighted by molar-refractivity contribution is 7.09. The zero-order valence-corrected chi connectivity index (χ0v) is 8.86. The molecule has 0 aliphatic heterocycles. The summed E-state index contributed by atoms with van der Waals surface area (Å²) in [5, 5.41) is 0.669. The smallest absolute Gasteiger partial charge is 0.206 e. The number of rotatable bonds is 1. The van der Waals surface area contributed by atoms with E-state index >= 15 is 0 Å². The van der Waals surface area contributed by atoms with Crippen molar-refractivity contribution in [3.05, 3.63) is 34.9 Å². The van der Waals surface area contributed by atoms with Crippen LogP contribution in [0.1, 0.15) is 5.56 Å². The normalized spacial score (nSPS) is 10.5. The summed E-state index contributed by atoms with van der Waals surface area (Å²) in [5.41, 5.74) is 1.43. The monoisotopic (exact) mass is 228 g/mol. The molecule has 5 heteroatoms. The van der Waals surface area contributed by atoms with Crippen molar-refractivity contribution in [3.8, 4) is 10.6 Å². The summed E-state index contributed by atoms with van der Waals surface area (Å²) >= 11 is 6.66. The van der Waals surface area contributed by atoms with Crippen molar-refractivity contribution in [3.63, 3.8) is 0 Å². The second-order valence-electron chi connectivity index (χ2n) is 2.85. The van der Waals surface area contributed by atoms with Crippen LogP contribution in [0.25, 0.3) is 10.6 Å². The molecule has 1 heterocycles. The Labute approximate surface area is 89.5 Å². The highest BCUT2D eigenvalue weighted by Crippen LogP contribution is 2.26. The molecule has 0 bridgehead atoms. The minimum absolute atomic E-state index is 0.158. The third-order valence-electron chi connectivity index (χ3n) is 1.75. The van der Waals surface area contributed by atoms with Gasteiger partial charge in [0, 0.05) is 5.56 Å². The molecule has 2 nitrogen and oxygen atoms in total. The van der Waals surface area contributed by atoms with Crippen LogP contribution in [0.4, 0.5) is 4.39 Å². The third-order valence-corrected chi connectivity index (χ3v) is 2.77. The van der Waals surface area contributed by atoms with Crippen LogP contribution in [0.15, 0.2) is 18.2 Å². The summed E-state index contributed by atoms with van der Waals surface area (Å²) in [4.78, 5) is 3.92. The van der Waals surface area contributed by atoms with E-state index in [1.165, 1.54) is 6.07 Å². The molecule has 0 saturated heterocycles. The van der Waals surface area contributed by atoms with Gasteiger partial charge in [-0.2, -0.15) is 4.37 Å². The number of aryl methyl sites for hydroxylation is 1. The van der Waals surface area contributed by atoms with Gasteiger partial charge in [0.05, 0.1) is 0 Å². The molecule has 0 amide bonds. The van der Waals surface area contributed by atoms with E-state index in [-0.39, 0.29) is 11.1 Å². The minimum Gasteiger partial charge on any atom is -0.206 e. The first-order chi connectivity index (χ1) is 6.66. The Morgan fingerprint density at radius 2 is 2.21 bits per heavy atom. The Kier molecular flexibility index (Phi) is 2.48. The molecule has 0 fully saturated rings. The minimum atomic E-state index is -0.302. The topological polar surface area (TPSA) is 25.8 Å². The SMILES string of the molecule is Cc1ccc(F)c(-c2nc(Cl)ns2)c1. The summed E-state index contributed by atoms with van der Waals surface area (Å²) < 4.78 is 17.2. The van der Waals surface area contributed by atoms with Crippen LogP contribution in [-0.4, -0.2) is 9.36 Å². The Morgan fingerprint density at radius 1 is 1.43 bits per heavy atom. The molecule has 1 aromatic carbocycles. The maximum absolute atomic E-state index is 13.4. The fourth-order valence-corrected chi connectivity index (χ4v) is 1.94. The molecule has 0 saturated carbocycles. The summed E-state index contributed by atoms with van der Waals surface area (Å²) in [6.45, 7) is 1.89. The fraction of sp³-hybridized carbons (Fsp3) is 0.111. The number of halogens is 2. The average Bonchev–Trinajstić information content (AvgIpc) is 2.56. The summed E-state index contributed by atoms with van der Waals surface area (Å²) in [6.07, 6.45) is 0. The molecular formula is C9H6ClFN2S. The fourth-order valence-electron chi connectivity index (χ4n) is 1.12. The number of aromatic nitrogens is 2. The maximum Gasteiger partial charge on any atom is 0.234 e. The van der Waals surface area contributed by atoms with Crippen molar-refractivity contribution in [2.45, 2.75) is 6.92 Å². The maximum atomic E-state index is 13.4. The molecule has 0 aliphatic rings. The highest BCUT2D eigenvalue weighted by atomic mass is 35.5. The molecule has 1 aromatic heterocycles. The van der Waals surface area contributed by atoms with Crippen LogP contribution in [-0.2, 0) is 0 Å². The van der Waals surface area contributed by atoms with Gasteiger partial charge in [-0.15, -0.1) is 0 Å². The Balaban J connectivity index is 2.55. The molecule has 0 unspecified atom stereocenters. The van der Waals surface area contributed by atoms with Gasteiger partial charge in [-0.3, -0.25) is 0 Å². The Morgan fingerprint density at radius 3 is 2.86 bits per heavy atom. The van der Waals surface area contributed by atoms with E-state index in [9.17, 15) is 4.39 Å². The second kappa shape index (κ2) is 3.63. The van der Waals surface area contributed by atoms with E-state index in [1.54, 1.807) is 12.1 Å². The van der Waals surface area contributed by atoms with Crippen molar-refractivity contribution >= 4 is 23.1 Å². The van der Waals surface area contributed by atoms with E-state index in [1.807, 2.05) is 6.92 Å². The van der Waals surface area contributed by atoms with E-state index in [0.717, 1.165) is 17.1 Å². The molecule has 0 aliphatic carbocycles. The van der Waals surface area contributed by atoms with Gasteiger partial charge in [0.25, 0.3) is 0 Å². The number of nitrogens with zero attached hydrogens (tertiary/aromatic N) is 2. The molecule has 0 atom stereocenters. The van der Waals surface area contributed by atoms with Gasteiger partial charge < -0.3 is 0 Å². The van der Waals surface area contributed by atoms with Gasteiger partial charge in [-0.05, 0) is 42.2 Å². The van der Waals surface area contributed by atoms with E-state index in [2.05, 4.69) is 9.36 Å². The Bertz CT molecular complexity index is 470. The molecule has 2 aromatic rings. The first kappa shape index (κ1) is 9.55. The van der Waals surface area contributed by atoms with E-state index in [0.29, 0.717) is 10.6 Å². The van der Waals surface area contributed by atoms with Crippen molar-refractivity contribution < 1.29 is 4.39 Å². The van der Waals surface area contributed by atoms with Gasteiger partial charge in [0.2, 0.25) is 5.28 Å². The first-order valence-corrected chi connectivity index (χ1v) is 5.07. The molecule has 0 spiro atoms. The van der Waals surface area contributed by atoms with Crippen LogP contribution in [0.3, 0.4) is 0 Å². The van der Waals surface area contributed by atoms with E-state index < -0.39 is 0 Å². The number of hydrogen-bond acceptors (Lipinski definition) is 3. The zero-order chi connectivity index (χ0) is 10.1. The first-order valence-electron chi connectivity index (χ1n) is 3.92. The van der Waals surface area contributed by atoms with Crippen molar-refractivity contribution in [1.82, 2.24) is 9.36 Å². The van der Waals surface area contributed by atoms with Gasteiger partial charge in [-0.25, -0.2) is 9.37 Å². The summed E-state index contributed by atoms with van der Waals surface area (Å²) in [7, 11) is 0. The summed E-state index contributed by atoms with van der Waals surface area (Å²) in [6, 6.07) is 4.85. The highest BCUT2D eigenvalue weighted by Gasteiger charge is 2.09. The zero-order valence-electron chi connectivity index (χ0n) is 7.29. The van der Waals surface area contributed by atoms with Gasteiger partial charge in [-0.1, -0.05) is 11.6 Å². The Hall–Kier alpha value is -1.00. The van der Waals surface area contributed by atoms with Gasteiger partial charge >= 0.3 is 0 Å². The van der Waals surface area contributed by atoms with E-state index in [4.69, 9.17) is 11.6 Å². The lowest BCUT2D eigenvalue weighted by Gasteiger charge is -1.99. The molecular weight excluding hydrogens is 223 g/mol. The van der Waals surface area contributed by atoms with Crippen LogP contribution in [0, 0.1) is 12.7 Å².